The third-order valence-corrected chi connectivity index (χ3v) is 4.30. The van der Waals surface area contributed by atoms with Gasteiger partial charge in [-0.15, -0.1) is 0 Å². The molecule has 1 aromatic carbocycles. The van der Waals surface area contributed by atoms with Gasteiger partial charge in [0, 0.05) is 18.2 Å². The number of amides is 1. The van der Waals surface area contributed by atoms with Crippen LogP contribution in [0.25, 0.3) is 10.9 Å². The summed E-state index contributed by atoms with van der Waals surface area (Å²) in [6.45, 7) is -0.138. The maximum atomic E-state index is 12.5. The topological polar surface area (TPSA) is 107 Å². The van der Waals surface area contributed by atoms with Gasteiger partial charge in [-0.2, -0.15) is 0 Å². The van der Waals surface area contributed by atoms with Crippen LogP contribution >= 0.6 is 0 Å². The molecule has 0 spiro atoms. The lowest BCUT2D eigenvalue weighted by atomic mass is 9.95. The van der Waals surface area contributed by atoms with Crippen LogP contribution in [0.3, 0.4) is 0 Å². The Morgan fingerprint density at radius 1 is 1.33 bits per heavy atom. The minimum absolute atomic E-state index is 0.136. The number of hydrogen-bond acceptors (Lipinski definition) is 5. The fraction of sp³-hybridized carbons (Fsp3) is 0.438. The minimum atomic E-state index is -0.563. The van der Waals surface area contributed by atoms with E-state index >= 15 is 0 Å². The Balaban J connectivity index is 1.81. The van der Waals surface area contributed by atoms with E-state index in [0.717, 1.165) is 25.7 Å². The van der Waals surface area contributed by atoms with E-state index in [1.54, 1.807) is 0 Å². The van der Waals surface area contributed by atoms with Crippen molar-refractivity contribution in [1.82, 2.24) is 14.9 Å². The number of nitrogens with zero attached hydrogens (tertiary/aromatic N) is 3. The van der Waals surface area contributed by atoms with Crippen LogP contribution in [0.4, 0.5) is 5.69 Å². The highest BCUT2D eigenvalue weighted by Crippen LogP contribution is 2.18. The molecule has 3 rings (SSSR count). The van der Waals surface area contributed by atoms with Gasteiger partial charge in [0.2, 0.25) is 5.91 Å². The molecule has 1 aliphatic rings. The molecule has 24 heavy (non-hydrogen) atoms. The van der Waals surface area contributed by atoms with Crippen LogP contribution in [0, 0.1) is 10.1 Å². The number of non-ortho nitro benzene ring substituents is 1. The smallest absolute Gasteiger partial charge is 0.270 e. The number of benzene rings is 1. The summed E-state index contributed by atoms with van der Waals surface area (Å²) in [5.74, 6) is -0.240. The number of nitrogens with one attached hydrogen (secondary N) is 1. The highest BCUT2D eigenvalue weighted by atomic mass is 16.6. The molecule has 1 aliphatic carbocycles. The molecular formula is C16H18N4O4. The summed E-state index contributed by atoms with van der Waals surface area (Å²) < 4.78 is 1.18. The average molecular weight is 330 g/mol. The number of hydrogen-bond donors (Lipinski definition) is 1. The van der Waals surface area contributed by atoms with Gasteiger partial charge in [0.05, 0.1) is 22.2 Å². The molecule has 0 unspecified atom stereocenters. The lowest BCUT2D eigenvalue weighted by Gasteiger charge is -2.22. The average Bonchev–Trinajstić information content (AvgIpc) is 2.58. The van der Waals surface area contributed by atoms with Crippen molar-refractivity contribution in [3.63, 3.8) is 0 Å². The Labute approximate surface area is 137 Å². The highest BCUT2D eigenvalue weighted by molar-refractivity contribution is 5.81. The zero-order chi connectivity index (χ0) is 17.1. The van der Waals surface area contributed by atoms with Crippen molar-refractivity contribution >= 4 is 22.5 Å². The Bertz CT molecular complexity index is 840. The Hall–Kier alpha value is -2.77. The monoisotopic (exact) mass is 330 g/mol. The van der Waals surface area contributed by atoms with E-state index < -0.39 is 10.5 Å². The molecule has 0 saturated heterocycles. The number of aromatic nitrogens is 2. The Kier molecular flexibility index (Phi) is 4.54. The van der Waals surface area contributed by atoms with Gasteiger partial charge in [-0.05, 0) is 18.9 Å². The second-order valence-electron chi connectivity index (χ2n) is 6.04. The standard InChI is InChI=1S/C16H18N4O4/c21-15(18-11-4-2-1-3-5-11)9-19-10-17-14-7-6-12(20(23)24)8-13(14)16(19)22/h6-8,10-11H,1-5,9H2,(H,18,21). The first-order valence-electron chi connectivity index (χ1n) is 7.97. The van der Waals surface area contributed by atoms with Gasteiger partial charge >= 0.3 is 0 Å². The van der Waals surface area contributed by atoms with Crippen LogP contribution in [0.2, 0.25) is 0 Å². The maximum Gasteiger partial charge on any atom is 0.270 e. The van der Waals surface area contributed by atoms with Gasteiger partial charge in [0.15, 0.2) is 0 Å². The summed E-state index contributed by atoms with van der Waals surface area (Å²) in [6, 6.07) is 4.09. The van der Waals surface area contributed by atoms with Crippen molar-refractivity contribution in [1.29, 1.82) is 0 Å². The molecule has 1 aromatic heterocycles. The molecule has 1 fully saturated rings. The summed E-state index contributed by atoms with van der Waals surface area (Å²) in [6.07, 6.45) is 6.62. The van der Waals surface area contributed by atoms with E-state index in [9.17, 15) is 19.7 Å². The van der Waals surface area contributed by atoms with Crippen molar-refractivity contribution in [3.8, 4) is 0 Å². The predicted molar refractivity (Wildman–Crippen MR) is 87.7 cm³/mol. The second kappa shape index (κ2) is 6.77. The molecular weight excluding hydrogens is 312 g/mol. The van der Waals surface area contributed by atoms with Crippen LogP contribution in [0.15, 0.2) is 29.3 Å². The number of nitro groups is 1. The third kappa shape index (κ3) is 3.42. The number of fused-ring (bicyclic) bond motifs is 1. The van der Waals surface area contributed by atoms with Gasteiger partial charge in [0.25, 0.3) is 11.2 Å². The molecule has 8 nitrogen and oxygen atoms in total. The predicted octanol–water partition coefficient (Wildman–Crippen LogP) is 1.75. The fourth-order valence-electron chi connectivity index (χ4n) is 3.05. The largest absolute Gasteiger partial charge is 0.352 e. The number of carbonyl (C=O) groups excluding carboxylic acids is 1. The van der Waals surface area contributed by atoms with E-state index in [2.05, 4.69) is 10.3 Å². The molecule has 0 bridgehead atoms. The fourth-order valence-corrected chi connectivity index (χ4v) is 3.05. The van der Waals surface area contributed by atoms with Crippen molar-refractivity contribution in [3.05, 3.63) is 45.0 Å². The van der Waals surface area contributed by atoms with E-state index in [1.165, 1.54) is 35.5 Å². The van der Waals surface area contributed by atoms with Crippen molar-refractivity contribution in [2.75, 3.05) is 0 Å². The molecule has 0 atom stereocenters. The number of rotatable bonds is 4. The lowest BCUT2D eigenvalue weighted by Crippen LogP contribution is -2.39. The van der Waals surface area contributed by atoms with Crippen LogP contribution in [0.1, 0.15) is 32.1 Å². The zero-order valence-electron chi connectivity index (χ0n) is 13.1. The van der Waals surface area contributed by atoms with E-state index in [4.69, 9.17) is 0 Å². The number of carbonyl (C=O) groups is 1. The summed E-state index contributed by atoms with van der Waals surface area (Å²) in [7, 11) is 0. The SMILES string of the molecule is O=C(Cn1cnc2ccc([N+](=O)[O-])cc2c1=O)NC1CCCCC1. The molecule has 1 heterocycles. The van der Waals surface area contributed by atoms with E-state index in [0.29, 0.717) is 5.52 Å². The van der Waals surface area contributed by atoms with Gasteiger partial charge in [-0.3, -0.25) is 24.3 Å². The first-order valence-corrected chi connectivity index (χ1v) is 7.97. The quantitative estimate of drug-likeness (QED) is 0.679. The Morgan fingerprint density at radius 3 is 2.79 bits per heavy atom. The molecule has 0 aliphatic heterocycles. The minimum Gasteiger partial charge on any atom is -0.352 e. The molecule has 8 heteroatoms. The molecule has 1 amide bonds. The summed E-state index contributed by atoms with van der Waals surface area (Å²) in [4.78, 5) is 39.0. The first kappa shape index (κ1) is 16.1. The van der Waals surface area contributed by atoms with Crippen molar-refractivity contribution in [2.45, 2.75) is 44.7 Å². The van der Waals surface area contributed by atoms with Crippen LogP contribution in [-0.2, 0) is 11.3 Å². The summed E-state index contributed by atoms with van der Waals surface area (Å²) >= 11 is 0. The number of nitro benzene ring substituents is 1. The van der Waals surface area contributed by atoms with Gasteiger partial charge in [0.1, 0.15) is 6.54 Å². The maximum absolute atomic E-state index is 12.5. The Morgan fingerprint density at radius 2 is 2.08 bits per heavy atom. The molecule has 1 N–H and O–H groups in total. The second-order valence-corrected chi connectivity index (χ2v) is 6.04. The molecule has 1 saturated carbocycles. The summed E-state index contributed by atoms with van der Waals surface area (Å²) in [5.41, 5.74) is -0.261. The van der Waals surface area contributed by atoms with Crippen LogP contribution in [0.5, 0.6) is 0 Å². The summed E-state index contributed by atoms with van der Waals surface area (Å²) in [5, 5.41) is 13.9. The van der Waals surface area contributed by atoms with Crippen molar-refractivity contribution < 1.29 is 9.72 Å². The van der Waals surface area contributed by atoms with Gasteiger partial charge in [-0.25, -0.2) is 4.98 Å². The molecule has 0 radical (unpaired) electrons. The third-order valence-electron chi connectivity index (χ3n) is 4.30. The highest BCUT2D eigenvalue weighted by Gasteiger charge is 2.17. The normalized spacial score (nSPS) is 15.3. The van der Waals surface area contributed by atoms with E-state index in [1.807, 2.05) is 0 Å². The van der Waals surface area contributed by atoms with Crippen LogP contribution in [-0.4, -0.2) is 26.4 Å². The molecule has 2 aromatic rings. The van der Waals surface area contributed by atoms with Gasteiger partial charge < -0.3 is 5.32 Å². The van der Waals surface area contributed by atoms with Gasteiger partial charge in [-0.1, -0.05) is 19.3 Å². The zero-order valence-corrected chi connectivity index (χ0v) is 13.1. The first-order chi connectivity index (χ1) is 11.5. The van der Waals surface area contributed by atoms with E-state index in [-0.39, 0.29) is 29.6 Å². The molecule has 126 valence electrons. The van der Waals surface area contributed by atoms with Crippen LogP contribution < -0.4 is 10.9 Å². The lowest BCUT2D eigenvalue weighted by molar-refractivity contribution is -0.384. The van der Waals surface area contributed by atoms with Crippen molar-refractivity contribution in [2.24, 2.45) is 0 Å².